The fraction of sp³-hybridized carbons (Fsp3) is 0.600. The van der Waals surface area contributed by atoms with Crippen LogP contribution in [0.3, 0.4) is 0 Å². The van der Waals surface area contributed by atoms with Crippen LogP contribution in [0.2, 0.25) is 0 Å². The van der Waals surface area contributed by atoms with Crippen LogP contribution >= 0.6 is 0 Å². The molecule has 0 fully saturated rings. The van der Waals surface area contributed by atoms with Gasteiger partial charge in [-0.1, -0.05) is 6.42 Å². The van der Waals surface area contributed by atoms with Crippen molar-refractivity contribution in [2.45, 2.75) is 45.6 Å². The van der Waals surface area contributed by atoms with Gasteiger partial charge in [-0.05, 0) is 56.4 Å². The SMILES string of the molecule is CCOc1cc2c(cc1OCC)[C@@H](N)CCCC2. The second-order valence-corrected chi connectivity index (χ2v) is 4.72. The number of hydrogen-bond donors (Lipinski definition) is 1. The lowest BCUT2D eigenvalue weighted by Gasteiger charge is -2.18. The number of benzene rings is 1. The molecule has 2 N–H and O–H groups in total. The maximum absolute atomic E-state index is 6.24. The molecule has 1 atom stereocenters. The molecule has 0 bridgehead atoms. The van der Waals surface area contributed by atoms with Gasteiger partial charge < -0.3 is 15.2 Å². The second kappa shape index (κ2) is 6.10. The van der Waals surface area contributed by atoms with Gasteiger partial charge >= 0.3 is 0 Å². The van der Waals surface area contributed by atoms with Crippen LogP contribution < -0.4 is 15.2 Å². The van der Waals surface area contributed by atoms with Crippen LogP contribution in [-0.2, 0) is 6.42 Å². The molecule has 1 aliphatic rings. The zero-order chi connectivity index (χ0) is 13.0. The molecule has 3 nitrogen and oxygen atoms in total. The van der Waals surface area contributed by atoms with Crippen molar-refractivity contribution in [3.63, 3.8) is 0 Å². The molecule has 0 saturated heterocycles. The minimum Gasteiger partial charge on any atom is -0.490 e. The summed E-state index contributed by atoms with van der Waals surface area (Å²) in [5.41, 5.74) is 8.80. The molecule has 0 aromatic heterocycles. The monoisotopic (exact) mass is 249 g/mol. The van der Waals surface area contributed by atoms with Gasteiger partial charge in [0.1, 0.15) is 0 Å². The van der Waals surface area contributed by atoms with Crippen LogP contribution in [0.5, 0.6) is 11.5 Å². The fourth-order valence-corrected chi connectivity index (χ4v) is 2.55. The maximum Gasteiger partial charge on any atom is 0.161 e. The van der Waals surface area contributed by atoms with Gasteiger partial charge in [0, 0.05) is 6.04 Å². The number of fused-ring (bicyclic) bond motifs is 1. The molecule has 18 heavy (non-hydrogen) atoms. The first-order valence-corrected chi connectivity index (χ1v) is 6.94. The summed E-state index contributed by atoms with van der Waals surface area (Å²) in [4.78, 5) is 0. The van der Waals surface area contributed by atoms with Crippen molar-refractivity contribution in [3.8, 4) is 11.5 Å². The molecule has 0 amide bonds. The Morgan fingerprint density at radius 2 is 1.78 bits per heavy atom. The van der Waals surface area contributed by atoms with Crippen molar-refractivity contribution in [3.05, 3.63) is 23.3 Å². The van der Waals surface area contributed by atoms with E-state index in [1.165, 1.54) is 24.0 Å². The van der Waals surface area contributed by atoms with Crippen molar-refractivity contribution in [1.82, 2.24) is 0 Å². The topological polar surface area (TPSA) is 44.5 Å². The van der Waals surface area contributed by atoms with E-state index in [9.17, 15) is 0 Å². The van der Waals surface area contributed by atoms with Crippen LogP contribution in [0.4, 0.5) is 0 Å². The molecule has 0 heterocycles. The van der Waals surface area contributed by atoms with Gasteiger partial charge in [0.2, 0.25) is 0 Å². The number of hydrogen-bond acceptors (Lipinski definition) is 3. The van der Waals surface area contributed by atoms with Crippen LogP contribution in [0.1, 0.15) is 50.3 Å². The Bertz CT molecular complexity index is 404. The summed E-state index contributed by atoms with van der Waals surface area (Å²) in [5.74, 6) is 1.68. The Morgan fingerprint density at radius 1 is 1.11 bits per heavy atom. The predicted molar refractivity (Wildman–Crippen MR) is 73.3 cm³/mol. The molecule has 1 aliphatic carbocycles. The van der Waals surface area contributed by atoms with Crippen molar-refractivity contribution in [2.24, 2.45) is 5.73 Å². The normalized spacial score (nSPS) is 18.9. The Balaban J connectivity index is 2.40. The van der Waals surface area contributed by atoms with E-state index < -0.39 is 0 Å². The summed E-state index contributed by atoms with van der Waals surface area (Å²) in [6.07, 6.45) is 4.56. The zero-order valence-corrected chi connectivity index (χ0v) is 11.4. The first-order valence-electron chi connectivity index (χ1n) is 6.94. The molecule has 0 saturated carbocycles. The van der Waals surface area contributed by atoms with E-state index >= 15 is 0 Å². The lowest BCUT2D eigenvalue weighted by atomic mass is 9.99. The van der Waals surface area contributed by atoms with Gasteiger partial charge in [0.25, 0.3) is 0 Å². The molecule has 2 rings (SSSR count). The summed E-state index contributed by atoms with van der Waals surface area (Å²) in [7, 11) is 0. The van der Waals surface area contributed by atoms with Crippen LogP contribution in [0, 0.1) is 0 Å². The first kappa shape index (κ1) is 13.2. The highest BCUT2D eigenvalue weighted by molar-refractivity contribution is 5.49. The molecule has 3 heteroatoms. The lowest BCUT2D eigenvalue weighted by molar-refractivity contribution is 0.287. The number of ether oxygens (including phenoxy) is 2. The second-order valence-electron chi connectivity index (χ2n) is 4.72. The Kier molecular flexibility index (Phi) is 4.48. The standard InChI is InChI=1S/C15H23NO2/c1-3-17-14-9-11-7-5-6-8-13(16)12(11)10-15(14)18-4-2/h9-10,13H,3-8,16H2,1-2H3/t13-/m0/s1. The summed E-state index contributed by atoms with van der Waals surface area (Å²) >= 11 is 0. The quantitative estimate of drug-likeness (QED) is 0.833. The third kappa shape index (κ3) is 2.78. The average molecular weight is 249 g/mol. The average Bonchev–Trinajstić information content (AvgIpc) is 2.53. The number of rotatable bonds is 4. The third-order valence-corrected chi connectivity index (χ3v) is 3.42. The van der Waals surface area contributed by atoms with Crippen molar-refractivity contribution in [1.29, 1.82) is 0 Å². The minimum absolute atomic E-state index is 0.136. The first-order chi connectivity index (χ1) is 8.76. The highest BCUT2D eigenvalue weighted by Gasteiger charge is 2.19. The molecule has 1 aromatic carbocycles. The fourth-order valence-electron chi connectivity index (χ4n) is 2.55. The Hall–Kier alpha value is -1.22. The summed E-state index contributed by atoms with van der Waals surface area (Å²) < 4.78 is 11.3. The van der Waals surface area contributed by atoms with E-state index in [0.717, 1.165) is 24.3 Å². The minimum atomic E-state index is 0.136. The van der Waals surface area contributed by atoms with Gasteiger partial charge in [-0.3, -0.25) is 0 Å². The zero-order valence-electron chi connectivity index (χ0n) is 11.4. The van der Waals surface area contributed by atoms with Crippen molar-refractivity contribution in [2.75, 3.05) is 13.2 Å². The largest absolute Gasteiger partial charge is 0.490 e. The summed E-state index contributed by atoms with van der Waals surface area (Å²) in [6, 6.07) is 4.34. The highest BCUT2D eigenvalue weighted by atomic mass is 16.5. The molecule has 0 unspecified atom stereocenters. The molecule has 100 valence electrons. The van der Waals surface area contributed by atoms with Gasteiger partial charge in [0.15, 0.2) is 11.5 Å². The van der Waals surface area contributed by atoms with E-state index in [-0.39, 0.29) is 6.04 Å². The molecule has 0 aliphatic heterocycles. The van der Waals surface area contributed by atoms with Gasteiger partial charge in [0.05, 0.1) is 13.2 Å². The van der Waals surface area contributed by atoms with Crippen molar-refractivity contribution >= 4 is 0 Å². The molecular formula is C15H23NO2. The molecule has 0 spiro atoms. The Labute approximate surface area is 109 Å². The highest BCUT2D eigenvalue weighted by Crippen LogP contribution is 2.36. The molecular weight excluding hydrogens is 226 g/mol. The lowest BCUT2D eigenvalue weighted by Crippen LogP contribution is -2.11. The van der Waals surface area contributed by atoms with E-state index in [1.54, 1.807) is 0 Å². The smallest absolute Gasteiger partial charge is 0.161 e. The van der Waals surface area contributed by atoms with Gasteiger partial charge in [-0.2, -0.15) is 0 Å². The maximum atomic E-state index is 6.24. The van der Waals surface area contributed by atoms with Crippen LogP contribution in [-0.4, -0.2) is 13.2 Å². The van der Waals surface area contributed by atoms with Crippen LogP contribution in [0.25, 0.3) is 0 Å². The van der Waals surface area contributed by atoms with Gasteiger partial charge in [-0.25, -0.2) is 0 Å². The van der Waals surface area contributed by atoms with E-state index in [1.807, 2.05) is 13.8 Å². The number of aryl methyl sites for hydroxylation is 1. The van der Waals surface area contributed by atoms with E-state index in [0.29, 0.717) is 13.2 Å². The summed E-state index contributed by atoms with van der Waals surface area (Å²) in [6.45, 7) is 5.29. The van der Waals surface area contributed by atoms with E-state index in [2.05, 4.69) is 12.1 Å². The summed E-state index contributed by atoms with van der Waals surface area (Å²) in [5, 5.41) is 0. The molecule has 0 radical (unpaired) electrons. The number of nitrogens with two attached hydrogens (primary N) is 1. The van der Waals surface area contributed by atoms with Crippen molar-refractivity contribution < 1.29 is 9.47 Å². The third-order valence-electron chi connectivity index (χ3n) is 3.42. The van der Waals surface area contributed by atoms with Crippen LogP contribution in [0.15, 0.2) is 12.1 Å². The predicted octanol–water partition coefficient (Wildman–Crippen LogP) is 3.21. The van der Waals surface area contributed by atoms with Gasteiger partial charge in [-0.15, -0.1) is 0 Å². The molecule has 1 aromatic rings. The van der Waals surface area contributed by atoms with E-state index in [4.69, 9.17) is 15.2 Å². The Morgan fingerprint density at radius 3 is 2.44 bits per heavy atom.